The maximum absolute atomic E-state index is 12.5. The predicted molar refractivity (Wildman–Crippen MR) is 89.2 cm³/mol. The van der Waals surface area contributed by atoms with Gasteiger partial charge in [0.25, 0.3) is 5.91 Å². The number of amides is 1. The summed E-state index contributed by atoms with van der Waals surface area (Å²) in [5, 5.41) is 4.89. The van der Waals surface area contributed by atoms with Gasteiger partial charge in [-0.05, 0) is 35.2 Å². The molecule has 2 aromatic heterocycles. The van der Waals surface area contributed by atoms with Gasteiger partial charge in [0.15, 0.2) is 0 Å². The summed E-state index contributed by atoms with van der Waals surface area (Å²) in [7, 11) is 0. The van der Waals surface area contributed by atoms with Crippen molar-refractivity contribution in [3.63, 3.8) is 0 Å². The molecule has 0 saturated heterocycles. The first kappa shape index (κ1) is 14.4. The zero-order valence-electron chi connectivity index (χ0n) is 11.9. The molecule has 0 aliphatic rings. The second-order valence-corrected chi connectivity index (χ2v) is 5.68. The summed E-state index contributed by atoms with van der Waals surface area (Å²) in [6, 6.07) is 17.3. The number of benzene rings is 1. The number of rotatable bonds is 5. The quantitative estimate of drug-likeness (QED) is 0.718. The van der Waals surface area contributed by atoms with Crippen LogP contribution in [0.3, 0.4) is 0 Å². The average molecular weight is 309 g/mol. The maximum atomic E-state index is 12.5. The molecule has 0 saturated carbocycles. The fourth-order valence-corrected chi connectivity index (χ4v) is 2.75. The molecule has 0 bridgehead atoms. The molecule has 110 valence electrons. The predicted octanol–water partition coefficient (Wildman–Crippen LogP) is 4.20. The second kappa shape index (κ2) is 6.91. The Hall–Kier alpha value is -2.59. The lowest BCUT2D eigenvalue weighted by molar-refractivity contribution is -0.115. The third-order valence-electron chi connectivity index (χ3n) is 3.16. The van der Waals surface area contributed by atoms with E-state index in [1.165, 1.54) is 0 Å². The monoisotopic (exact) mass is 309 g/mol. The van der Waals surface area contributed by atoms with Crippen molar-refractivity contribution in [1.29, 1.82) is 0 Å². The van der Waals surface area contributed by atoms with Crippen LogP contribution in [0.15, 0.2) is 70.7 Å². The van der Waals surface area contributed by atoms with Crippen LogP contribution in [0, 0.1) is 0 Å². The Kier molecular flexibility index (Phi) is 4.51. The molecule has 1 N–H and O–H groups in total. The number of nitrogens with one attached hydrogen (secondary N) is 1. The van der Waals surface area contributed by atoms with E-state index in [4.69, 9.17) is 4.42 Å². The van der Waals surface area contributed by atoms with Crippen molar-refractivity contribution in [2.45, 2.75) is 6.54 Å². The minimum absolute atomic E-state index is 0.115. The molecule has 0 aliphatic carbocycles. The first-order valence-electron chi connectivity index (χ1n) is 6.94. The number of hydrogen-bond acceptors (Lipinski definition) is 3. The van der Waals surface area contributed by atoms with Crippen LogP contribution in [0.25, 0.3) is 11.6 Å². The molecule has 0 atom stereocenters. The Morgan fingerprint density at radius 1 is 1.09 bits per heavy atom. The maximum Gasteiger partial charge on any atom is 0.252 e. The van der Waals surface area contributed by atoms with E-state index >= 15 is 0 Å². The molecule has 4 heteroatoms. The normalized spacial score (nSPS) is 11.4. The third kappa shape index (κ3) is 3.54. The van der Waals surface area contributed by atoms with Crippen molar-refractivity contribution in [3.8, 4) is 0 Å². The molecule has 0 spiro atoms. The molecule has 1 aromatic carbocycles. The summed E-state index contributed by atoms with van der Waals surface area (Å²) >= 11 is 1.60. The van der Waals surface area contributed by atoms with Crippen LogP contribution in [-0.2, 0) is 11.3 Å². The number of furan rings is 1. The fraction of sp³-hybridized carbons (Fsp3) is 0.0556. The van der Waals surface area contributed by atoms with E-state index in [0.29, 0.717) is 12.1 Å². The van der Waals surface area contributed by atoms with Gasteiger partial charge in [0, 0.05) is 10.5 Å². The standard InChI is InChI=1S/C18H15NO2S/c20-18(19-13-15-8-4-10-21-15)17(12-16-9-5-11-22-16)14-6-2-1-3-7-14/h1-12H,13H2,(H,19,20)/b17-12-. The van der Waals surface area contributed by atoms with Gasteiger partial charge in [0.1, 0.15) is 5.76 Å². The summed E-state index contributed by atoms with van der Waals surface area (Å²) in [4.78, 5) is 13.6. The van der Waals surface area contributed by atoms with Gasteiger partial charge in [0.2, 0.25) is 0 Å². The van der Waals surface area contributed by atoms with Crippen molar-refractivity contribution < 1.29 is 9.21 Å². The Labute approximate surface area is 132 Å². The minimum Gasteiger partial charge on any atom is -0.467 e. The van der Waals surface area contributed by atoms with Gasteiger partial charge in [-0.25, -0.2) is 0 Å². The Morgan fingerprint density at radius 2 is 1.95 bits per heavy atom. The largest absolute Gasteiger partial charge is 0.467 e. The van der Waals surface area contributed by atoms with Gasteiger partial charge in [-0.2, -0.15) is 0 Å². The topological polar surface area (TPSA) is 42.2 Å². The Morgan fingerprint density at radius 3 is 2.64 bits per heavy atom. The lowest BCUT2D eigenvalue weighted by Crippen LogP contribution is -2.23. The first-order chi connectivity index (χ1) is 10.8. The van der Waals surface area contributed by atoms with Crippen molar-refractivity contribution >= 4 is 28.9 Å². The molecule has 3 rings (SSSR count). The van der Waals surface area contributed by atoms with Gasteiger partial charge in [-0.1, -0.05) is 36.4 Å². The molecular formula is C18H15NO2S. The highest BCUT2D eigenvalue weighted by Crippen LogP contribution is 2.21. The van der Waals surface area contributed by atoms with E-state index in [-0.39, 0.29) is 5.91 Å². The van der Waals surface area contributed by atoms with E-state index in [1.54, 1.807) is 23.7 Å². The summed E-state index contributed by atoms with van der Waals surface area (Å²) in [5.74, 6) is 0.618. The molecular weight excluding hydrogens is 294 g/mol. The smallest absolute Gasteiger partial charge is 0.252 e. The first-order valence-corrected chi connectivity index (χ1v) is 7.82. The molecule has 3 nitrogen and oxygen atoms in total. The molecule has 0 radical (unpaired) electrons. The van der Waals surface area contributed by atoms with Crippen LogP contribution >= 0.6 is 11.3 Å². The van der Waals surface area contributed by atoms with Crippen molar-refractivity contribution in [2.75, 3.05) is 0 Å². The molecule has 0 fully saturated rings. The van der Waals surface area contributed by atoms with E-state index in [0.717, 1.165) is 16.2 Å². The fourth-order valence-electron chi connectivity index (χ4n) is 2.09. The van der Waals surface area contributed by atoms with Crippen LogP contribution in [0.4, 0.5) is 0 Å². The average Bonchev–Trinajstić information content (AvgIpc) is 3.24. The zero-order chi connectivity index (χ0) is 15.2. The van der Waals surface area contributed by atoms with Crippen molar-refractivity contribution in [1.82, 2.24) is 5.32 Å². The molecule has 22 heavy (non-hydrogen) atoms. The van der Waals surface area contributed by atoms with Gasteiger partial charge in [-0.15, -0.1) is 11.3 Å². The lowest BCUT2D eigenvalue weighted by Gasteiger charge is -2.08. The molecule has 3 aromatic rings. The highest BCUT2D eigenvalue weighted by molar-refractivity contribution is 7.11. The van der Waals surface area contributed by atoms with Crippen LogP contribution in [0.5, 0.6) is 0 Å². The molecule has 1 amide bonds. The van der Waals surface area contributed by atoms with Crippen LogP contribution in [0.1, 0.15) is 16.2 Å². The summed E-state index contributed by atoms with van der Waals surface area (Å²) in [5.41, 5.74) is 1.54. The highest BCUT2D eigenvalue weighted by atomic mass is 32.1. The number of carbonyl (C=O) groups excluding carboxylic acids is 1. The summed E-state index contributed by atoms with van der Waals surface area (Å²) < 4.78 is 5.24. The summed E-state index contributed by atoms with van der Waals surface area (Å²) in [6.45, 7) is 0.375. The van der Waals surface area contributed by atoms with E-state index in [1.807, 2.05) is 60.0 Å². The van der Waals surface area contributed by atoms with Gasteiger partial charge in [0.05, 0.1) is 12.8 Å². The third-order valence-corrected chi connectivity index (χ3v) is 3.98. The molecule has 0 aliphatic heterocycles. The number of hydrogen-bond donors (Lipinski definition) is 1. The lowest BCUT2D eigenvalue weighted by atomic mass is 10.0. The second-order valence-electron chi connectivity index (χ2n) is 4.70. The van der Waals surface area contributed by atoms with E-state index in [9.17, 15) is 4.79 Å². The van der Waals surface area contributed by atoms with Gasteiger partial charge in [-0.3, -0.25) is 4.79 Å². The van der Waals surface area contributed by atoms with E-state index in [2.05, 4.69) is 5.32 Å². The zero-order valence-corrected chi connectivity index (χ0v) is 12.7. The minimum atomic E-state index is -0.115. The van der Waals surface area contributed by atoms with Crippen LogP contribution in [0.2, 0.25) is 0 Å². The Bertz CT molecular complexity index is 744. The molecule has 2 heterocycles. The van der Waals surface area contributed by atoms with E-state index < -0.39 is 0 Å². The SMILES string of the molecule is O=C(NCc1ccco1)/C(=C\c1cccs1)c1ccccc1. The number of thiophene rings is 1. The number of carbonyl (C=O) groups is 1. The molecule has 0 unspecified atom stereocenters. The van der Waals surface area contributed by atoms with Crippen LogP contribution < -0.4 is 5.32 Å². The highest BCUT2D eigenvalue weighted by Gasteiger charge is 2.12. The van der Waals surface area contributed by atoms with Crippen molar-refractivity contribution in [3.05, 3.63) is 82.4 Å². The van der Waals surface area contributed by atoms with Gasteiger partial charge >= 0.3 is 0 Å². The Balaban J connectivity index is 1.83. The van der Waals surface area contributed by atoms with Crippen molar-refractivity contribution in [2.24, 2.45) is 0 Å². The summed E-state index contributed by atoms with van der Waals surface area (Å²) in [6.07, 6.45) is 3.51. The van der Waals surface area contributed by atoms with Crippen LogP contribution in [-0.4, -0.2) is 5.91 Å². The van der Waals surface area contributed by atoms with Gasteiger partial charge < -0.3 is 9.73 Å².